The molecule has 2 aromatic rings. The maximum Gasteiger partial charge on any atom is 0.308 e. The van der Waals surface area contributed by atoms with Crippen molar-refractivity contribution < 1.29 is 17.4 Å². The molecule has 7 heteroatoms. The van der Waals surface area contributed by atoms with Crippen molar-refractivity contribution in [3.05, 3.63) is 54.6 Å². The lowest BCUT2D eigenvalue weighted by Gasteiger charge is -2.06. The minimum atomic E-state index is -3.54. The molecule has 0 unspecified atom stereocenters. The molecule has 116 valence electrons. The highest BCUT2D eigenvalue weighted by Gasteiger charge is 2.10. The third-order valence-corrected chi connectivity index (χ3v) is 4.58. The van der Waals surface area contributed by atoms with Crippen LogP contribution in [0.5, 0.6) is 5.75 Å². The van der Waals surface area contributed by atoms with Crippen molar-refractivity contribution >= 4 is 32.8 Å². The van der Waals surface area contributed by atoms with Gasteiger partial charge >= 0.3 is 10.1 Å². The molecule has 0 aromatic heterocycles. The number of rotatable bonds is 5. The number of nitrogens with one attached hydrogen (secondary N) is 1. The number of hydrogen-bond acceptors (Lipinski definition) is 5. The van der Waals surface area contributed by atoms with Gasteiger partial charge in [-0.1, -0.05) is 18.2 Å². The lowest BCUT2D eigenvalue weighted by Crippen LogP contribution is -2.11. The van der Waals surface area contributed by atoms with Gasteiger partial charge in [-0.15, -0.1) is 0 Å². The molecule has 0 heterocycles. The molecule has 2 aromatic carbocycles. The van der Waals surface area contributed by atoms with E-state index in [2.05, 4.69) is 5.32 Å². The second-order valence-corrected chi connectivity index (χ2v) is 7.19. The van der Waals surface area contributed by atoms with Crippen LogP contribution in [0.4, 0.5) is 10.5 Å². The Kier molecular flexibility index (Phi) is 5.46. The first-order chi connectivity index (χ1) is 10.5. The zero-order valence-corrected chi connectivity index (χ0v) is 13.5. The molecule has 2 rings (SSSR count). The summed E-state index contributed by atoms with van der Waals surface area (Å²) in [6.45, 7) is 1.51. The summed E-state index contributed by atoms with van der Waals surface area (Å²) in [6.07, 6.45) is 0. The molecule has 0 aliphatic rings. The van der Waals surface area contributed by atoms with Crippen LogP contribution < -0.4 is 9.50 Å². The van der Waals surface area contributed by atoms with E-state index in [1.807, 2.05) is 18.2 Å². The van der Waals surface area contributed by atoms with Crippen LogP contribution in [0.1, 0.15) is 6.92 Å². The Bertz CT molecular complexity index is 728. The summed E-state index contributed by atoms with van der Waals surface area (Å²) in [4.78, 5) is 12.6. The first-order valence-electron chi connectivity index (χ1n) is 6.54. The molecule has 0 atom stereocenters. The Balaban J connectivity index is 1.95. The van der Waals surface area contributed by atoms with Crippen molar-refractivity contribution in [2.45, 2.75) is 11.8 Å². The van der Waals surface area contributed by atoms with Gasteiger partial charge in [-0.25, -0.2) is 0 Å². The van der Waals surface area contributed by atoms with Gasteiger partial charge in [0.2, 0.25) is 0 Å². The molecule has 0 aliphatic heterocycles. The van der Waals surface area contributed by atoms with E-state index in [1.54, 1.807) is 24.3 Å². The van der Waals surface area contributed by atoms with E-state index in [0.717, 1.165) is 11.8 Å². The van der Waals surface area contributed by atoms with Gasteiger partial charge < -0.3 is 9.50 Å². The molecule has 22 heavy (non-hydrogen) atoms. The first kappa shape index (κ1) is 16.4. The highest BCUT2D eigenvalue weighted by Crippen LogP contribution is 2.24. The molecule has 0 saturated heterocycles. The molecule has 0 bridgehead atoms. The van der Waals surface area contributed by atoms with Gasteiger partial charge in [0.05, 0.1) is 5.75 Å². The number of carbonyl (C=O) groups is 1. The van der Waals surface area contributed by atoms with E-state index >= 15 is 0 Å². The van der Waals surface area contributed by atoms with Crippen LogP contribution in [0.15, 0.2) is 59.5 Å². The fraction of sp³-hybridized carbons (Fsp3) is 0.133. The van der Waals surface area contributed by atoms with Crippen LogP contribution in [0, 0.1) is 0 Å². The monoisotopic (exact) mass is 337 g/mol. The number of amides is 1. The van der Waals surface area contributed by atoms with E-state index in [9.17, 15) is 13.2 Å². The molecule has 0 saturated carbocycles. The van der Waals surface area contributed by atoms with E-state index in [1.165, 1.54) is 19.1 Å². The summed E-state index contributed by atoms with van der Waals surface area (Å²) in [5, 5.41) is 2.53. The topological polar surface area (TPSA) is 72.5 Å². The fourth-order valence-corrected chi connectivity index (χ4v) is 2.72. The third-order valence-electron chi connectivity index (χ3n) is 2.63. The Morgan fingerprint density at radius 2 is 1.73 bits per heavy atom. The predicted octanol–water partition coefficient (Wildman–Crippen LogP) is 3.74. The number of anilines is 1. The molecular formula is C15H15NO4S2. The first-order valence-corrected chi connectivity index (χ1v) is 8.94. The maximum atomic E-state index is 11.9. The third kappa shape index (κ3) is 5.09. The SMILES string of the molecule is CCS(=O)(=O)Oc1ccc(SC(=O)Nc2ccccc2)cc1. The van der Waals surface area contributed by atoms with Crippen LogP contribution in [0.3, 0.4) is 0 Å². The summed E-state index contributed by atoms with van der Waals surface area (Å²) >= 11 is 1.02. The average molecular weight is 337 g/mol. The van der Waals surface area contributed by atoms with E-state index in [-0.39, 0.29) is 16.7 Å². The number of thioether (sulfide) groups is 1. The van der Waals surface area contributed by atoms with Crippen molar-refractivity contribution in [2.24, 2.45) is 0 Å². The highest BCUT2D eigenvalue weighted by molar-refractivity contribution is 8.13. The van der Waals surface area contributed by atoms with E-state index < -0.39 is 10.1 Å². The molecule has 0 radical (unpaired) electrons. The van der Waals surface area contributed by atoms with Crippen LogP contribution in [-0.2, 0) is 10.1 Å². The second-order valence-electron chi connectivity index (χ2n) is 4.28. The van der Waals surface area contributed by atoms with Crippen molar-refractivity contribution in [3.63, 3.8) is 0 Å². The Morgan fingerprint density at radius 1 is 1.09 bits per heavy atom. The smallest absolute Gasteiger partial charge is 0.308 e. The van der Waals surface area contributed by atoms with E-state index in [4.69, 9.17) is 4.18 Å². The van der Waals surface area contributed by atoms with Gasteiger partial charge in [0.15, 0.2) is 0 Å². The molecule has 0 aliphatic carbocycles. The minimum Gasteiger partial charge on any atom is -0.382 e. The van der Waals surface area contributed by atoms with Crippen LogP contribution in [-0.4, -0.2) is 19.4 Å². The summed E-state index contributed by atoms with van der Waals surface area (Å²) in [6, 6.07) is 15.4. The Hall–Kier alpha value is -1.99. The van der Waals surface area contributed by atoms with Crippen molar-refractivity contribution in [1.82, 2.24) is 0 Å². The quantitative estimate of drug-likeness (QED) is 0.665. The summed E-state index contributed by atoms with van der Waals surface area (Å²) in [7, 11) is -3.54. The molecule has 1 N–H and O–H groups in total. The molecule has 0 fully saturated rings. The highest BCUT2D eigenvalue weighted by atomic mass is 32.2. The fourth-order valence-electron chi connectivity index (χ4n) is 1.54. The number of hydrogen-bond donors (Lipinski definition) is 1. The standard InChI is InChI=1S/C15H15NO4S2/c1-2-22(18,19)20-13-8-10-14(11-9-13)21-15(17)16-12-6-4-3-5-7-12/h3-11H,2H2,1H3,(H,16,17). The average Bonchev–Trinajstić information content (AvgIpc) is 2.50. The zero-order chi connectivity index (χ0) is 16.0. The van der Waals surface area contributed by atoms with Crippen LogP contribution in [0.25, 0.3) is 0 Å². The molecular weight excluding hydrogens is 322 g/mol. The Morgan fingerprint density at radius 3 is 2.32 bits per heavy atom. The number of carbonyl (C=O) groups excluding carboxylic acids is 1. The predicted molar refractivity (Wildman–Crippen MR) is 87.8 cm³/mol. The van der Waals surface area contributed by atoms with Crippen molar-refractivity contribution in [2.75, 3.05) is 11.1 Å². The maximum absolute atomic E-state index is 11.9. The Labute approximate surface area is 133 Å². The van der Waals surface area contributed by atoms with Crippen LogP contribution >= 0.6 is 11.8 Å². The van der Waals surface area contributed by atoms with Crippen molar-refractivity contribution in [3.8, 4) is 5.75 Å². The van der Waals surface area contributed by atoms with Gasteiger partial charge in [-0.3, -0.25) is 4.79 Å². The minimum absolute atomic E-state index is 0.0943. The largest absolute Gasteiger partial charge is 0.382 e. The summed E-state index contributed by atoms with van der Waals surface area (Å²) < 4.78 is 27.6. The molecule has 5 nitrogen and oxygen atoms in total. The van der Waals surface area contributed by atoms with E-state index in [0.29, 0.717) is 10.6 Å². The van der Waals surface area contributed by atoms with Gasteiger partial charge in [0.25, 0.3) is 5.24 Å². The zero-order valence-electron chi connectivity index (χ0n) is 11.9. The van der Waals surface area contributed by atoms with Gasteiger partial charge in [-0.05, 0) is 55.1 Å². The molecule has 1 amide bonds. The number of benzene rings is 2. The molecule has 0 spiro atoms. The lowest BCUT2D eigenvalue weighted by molar-refractivity contribution is 0.270. The summed E-state index contributed by atoms with van der Waals surface area (Å²) in [5.41, 5.74) is 0.717. The van der Waals surface area contributed by atoms with Crippen LogP contribution in [0.2, 0.25) is 0 Å². The normalized spacial score (nSPS) is 11.0. The van der Waals surface area contributed by atoms with Crippen molar-refractivity contribution in [1.29, 1.82) is 0 Å². The van der Waals surface area contributed by atoms with Gasteiger partial charge in [0, 0.05) is 10.6 Å². The van der Waals surface area contributed by atoms with Gasteiger partial charge in [-0.2, -0.15) is 8.42 Å². The second kappa shape index (κ2) is 7.33. The summed E-state index contributed by atoms with van der Waals surface area (Å²) in [5.74, 6) is 0.137. The van der Waals surface area contributed by atoms with Gasteiger partial charge in [0.1, 0.15) is 5.75 Å². The number of para-hydroxylation sites is 1. The lowest BCUT2D eigenvalue weighted by atomic mass is 10.3.